The van der Waals surface area contributed by atoms with E-state index in [4.69, 9.17) is 0 Å². The van der Waals surface area contributed by atoms with Crippen molar-refractivity contribution in [1.29, 1.82) is 0 Å². The predicted octanol–water partition coefficient (Wildman–Crippen LogP) is 2.30. The molecule has 3 nitrogen and oxygen atoms in total. The zero-order valence-electron chi connectivity index (χ0n) is 9.61. The Labute approximate surface area is 91.1 Å². The highest BCUT2D eigenvalue weighted by molar-refractivity contribution is 5.08. The lowest BCUT2D eigenvalue weighted by Gasteiger charge is -2.23. The van der Waals surface area contributed by atoms with Crippen molar-refractivity contribution in [2.45, 2.75) is 51.7 Å². The van der Waals surface area contributed by atoms with Gasteiger partial charge in [-0.2, -0.15) is 0 Å². The first-order valence-electron chi connectivity index (χ1n) is 5.89. The lowest BCUT2D eigenvalue weighted by Crippen LogP contribution is -2.26. The summed E-state index contributed by atoms with van der Waals surface area (Å²) in [4.78, 5) is 4.34. The fourth-order valence-electron chi connectivity index (χ4n) is 2.61. The van der Waals surface area contributed by atoms with Gasteiger partial charge in [0, 0.05) is 18.9 Å². The molecule has 2 atom stereocenters. The summed E-state index contributed by atoms with van der Waals surface area (Å²) >= 11 is 0. The third-order valence-corrected chi connectivity index (χ3v) is 3.33. The summed E-state index contributed by atoms with van der Waals surface area (Å²) in [6.07, 6.45) is 7.67. The molecule has 2 unspecified atom stereocenters. The van der Waals surface area contributed by atoms with Crippen LogP contribution in [0.2, 0.25) is 0 Å². The fourth-order valence-corrected chi connectivity index (χ4v) is 2.61. The summed E-state index contributed by atoms with van der Waals surface area (Å²) in [5.74, 6) is 1.48. The highest BCUT2D eigenvalue weighted by Crippen LogP contribution is 2.41. The lowest BCUT2D eigenvalue weighted by atomic mass is 10.00. The van der Waals surface area contributed by atoms with Gasteiger partial charge in [0.25, 0.3) is 0 Å². The molecule has 1 fully saturated rings. The van der Waals surface area contributed by atoms with Crippen LogP contribution in [0.1, 0.15) is 45.4 Å². The molecule has 0 bridgehead atoms. The van der Waals surface area contributed by atoms with Crippen molar-refractivity contribution in [1.82, 2.24) is 9.55 Å². The molecule has 0 saturated heterocycles. The zero-order chi connectivity index (χ0) is 10.9. The van der Waals surface area contributed by atoms with E-state index in [2.05, 4.69) is 23.4 Å². The van der Waals surface area contributed by atoms with Crippen LogP contribution in [0.25, 0.3) is 0 Å². The minimum Gasteiger partial charge on any atom is -0.382 e. The van der Waals surface area contributed by atoms with Crippen LogP contribution in [0.15, 0.2) is 12.4 Å². The highest BCUT2D eigenvalue weighted by atomic mass is 16.3. The van der Waals surface area contributed by atoms with Crippen LogP contribution in [0.4, 0.5) is 0 Å². The van der Waals surface area contributed by atoms with Gasteiger partial charge >= 0.3 is 0 Å². The van der Waals surface area contributed by atoms with Crippen molar-refractivity contribution >= 4 is 0 Å². The molecule has 1 aromatic rings. The van der Waals surface area contributed by atoms with E-state index < -0.39 is 5.60 Å². The number of aromatic nitrogens is 2. The van der Waals surface area contributed by atoms with E-state index in [9.17, 15) is 5.11 Å². The molecule has 3 heteroatoms. The van der Waals surface area contributed by atoms with Crippen LogP contribution in [-0.4, -0.2) is 14.7 Å². The number of nitrogens with zero attached hydrogens (tertiary/aromatic N) is 2. The smallest absolute Gasteiger partial charge is 0.140 e. The van der Waals surface area contributed by atoms with Gasteiger partial charge in [0.15, 0.2) is 0 Å². The molecule has 1 aliphatic carbocycles. The molecule has 0 amide bonds. The highest BCUT2D eigenvalue weighted by Gasteiger charge is 2.40. The Bertz CT molecular complexity index is 334. The van der Waals surface area contributed by atoms with Crippen molar-refractivity contribution in [2.75, 3.05) is 0 Å². The van der Waals surface area contributed by atoms with Gasteiger partial charge in [-0.25, -0.2) is 4.98 Å². The van der Waals surface area contributed by atoms with Crippen molar-refractivity contribution in [3.05, 3.63) is 18.2 Å². The van der Waals surface area contributed by atoms with E-state index in [1.165, 1.54) is 0 Å². The van der Waals surface area contributed by atoms with Crippen LogP contribution in [0.3, 0.4) is 0 Å². The van der Waals surface area contributed by atoms with E-state index >= 15 is 0 Å². The molecule has 0 spiro atoms. The van der Waals surface area contributed by atoms with Gasteiger partial charge in [0.05, 0.1) is 0 Å². The van der Waals surface area contributed by atoms with E-state index in [-0.39, 0.29) is 0 Å². The maximum absolute atomic E-state index is 10.5. The van der Waals surface area contributed by atoms with E-state index in [0.29, 0.717) is 5.92 Å². The fraction of sp³-hybridized carbons (Fsp3) is 0.750. The molecule has 15 heavy (non-hydrogen) atoms. The van der Waals surface area contributed by atoms with Gasteiger partial charge in [-0.1, -0.05) is 13.8 Å². The second-order valence-electron chi connectivity index (χ2n) is 4.82. The van der Waals surface area contributed by atoms with Gasteiger partial charge in [-0.05, 0) is 31.6 Å². The molecule has 1 heterocycles. The van der Waals surface area contributed by atoms with Crippen LogP contribution in [0.5, 0.6) is 0 Å². The molecule has 1 aromatic heterocycles. The molecule has 1 aliphatic rings. The summed E-state index contributed by atoms with van der Waals surface area (Å²) in [6.45, 7) is 5.29. The monoisotopic (exact) mass is 208 g/mol. The Morgan fingerprint density at radius 1 is 1.67 bits per heavy atom. The maximum Gasteiger partial charge on any atom is 0.140 e. The Balaban J connectivity index is 2.24. The molecule has 0 aliphatic heterocycles. The Morgan fingerprint density at radius 2 is 2.47 bits per heavy atom. The first-order chi connectivity index (χ1) is 7.15. The molecule has 1 saturated carbocycles. The largest absolute Gasteiger partial charge is 0.382 e. The third-order valence-electron chi connectivity index (χ3n) is 3.33. The van der Waals surface area contributed by atoms with Crippen LogP contribution in [0, 0.1) is 5.92 Å². The van der Waals surface area contributed by atoms with Crippen LogP contribution in [-0.2, 0) is 12.1 Å². The average Bonchev–Trinajstić information content (AvgIpc) is 2.75. The molecule has 84 valence electrons. The SMILES string of the molecule is CCCn1ccnc1C1(O)CCC(C)C1. The van der Waals surface area contributed by atoms with Crippen molar-refractivity contribution in [2.24, 2.45) is 5.92 Å². The number of aryl methyl sites for hydroxylation is 1. The number of aliphatic hydroxyl groups is 1. The summed E-state index contributed by atoms with van der Waals surface area (Å²) in [5.41, 5.74) is -0.669. The first kappa shape index (κ1) is 10.7. The normalized spacial score (nSPS) is 31.0. The number of hydrogen-bond donors (Lipinski definition) is 1. The Morgan fingerprint density at radius 3 is 3.07 bits per heavy atom. The minimum atomic E-state index is -0.669. The number of rotatable bonds is 3. The van der Waals surface area contributed by atoms with Gasteiger partial charge < -0.3 is 9.67 Å². The molecule has 0 radical (unpaired) electrons. The van der Waals surface area contributed by atoms with Crippen molar-refractivity contribution < 1.29 is 5.11 Å². The lowest BCUT2D eigenvalue weighted by molar-refractivity contribution is 0.0278. The van der Waals surface area contributed by atoms with Gasteiger partial charge in [-0.3, -0.25) is 0 Å². The third kappa shape index (κ3) is 1.93. The van der Waals surface area contributed by atoms with E-state index in [1.807, 2.05) is 6.20 Å². The van der Waals surface area contributed by atoms with Crippen LogP contribution >= 0.6 is 0 Å². The first-order valence-corrected chi connectivity index (χ1v) is 5.89. The molecule has 2 rings (SSSR count). The van der Waals surface area contributed by atoms with Gasteiger partial charge in [-0.15, -0.1) is 0 Å². The second-order valence-corrected chi connectivity index (χ2v) is 4.82. The zero-order valence-corrected chi connectivity index (χ0v) is 9.61. The van der Waals surface area contributed by atoms with Crippen LogP contribution < -0.4 is 0 Å². The molecule has 1 N–H and O–H groups in total. The second kappa shape index (κ2) is 3.97. The van der Waals surface area contributed by atoms with Crippen molar-refractivity contribution in [3.8, 4) is 0 Å². The summed E-state index contributed by atoms with van der Waals surface area (Å²) in [7, 11) is 0. The van der Waals surface area contributed by atoms with Gasteiger partial charge in [0.2, 0.25) is 0 Å². The topological polar surface area (TPSA) is 38.0 Å². The van der Waals surface area contributed by atoms with Crippen molar-refractivity contribution in [3.63, 3.8) is 0 Å². The minimum absolute atomic E-state index is 0.613. The quantitative estimate of drug-likeness (QED) is 0.827. The van der Waals surface area contributed by atoms with E-state index in [0.717, 1.165) is 38.1 Å². The maximum atomic E-state index is 10.5. The van der Waals surface area contributed by atoms with E-state index in [1.54, 1.807) is 6.20 Å². The summed E-state index contributed by atoms with van der Waals surface area (Å²) in [6, 6.07) is 0. The standard InChI is InChI=1S/C12H20N2O/c1-3-7-14-8-6-13-11(14)12(15)5-4-10(2)9-12/h6,8,10,15H,3-5,7,9H2,1-2H3. The number of hydrogen-bond acceptors (Lipinski definition) is 2. The molecular weight excluding hydrogens is 188 g/mol. The molecular formula is C12H20N2O. The predicted molar refractivity (Wildman–Crippen MR) is 59.4 cm³/mol. The Kier molecular flexibility index (Phi) is 2.83. The summed E-state index contributed by atoms with van der Waals surface area (Å²) < 4.78 is 2.10. The summed E-state index contributed by atoms with van der Waals surface area (Å²) in [5, 5.41) is 10.5. The van der Waals surface area contributed by atoms with Gasteiger partial charge in [0.1, 0.15) is 11.4 Å². The average molecular weight is 208 g/mol. The number of imidazole rings is 1. The Hall–Kier alpha value is -0.830. The molecule has 0 aromatic carbocycles.